The van der Waals surface area contributed by atoms with Crippen molar-refractivity contribution >= 4 is 17.3 Å². The van der Waals surface area contributed by atoms with Crippen molar-refractivity contribution in [2.75, 3.05) is 18.0 Å². The van der Waals surface area contributed by atoms with Gasteiger partial charge in [0.1, 0.15) is 0 Å². The minimum Gasteiger partial charge on any atom is -0.385 e. The second-order valence-corrected chi connectivity index (χ2v) is 8.77. The molecule has 146 valence electrons. The predicted molar refractivity (Wildman–Crippen MR) is 116 cm³/mol. The molecule has 0 unspecified atom stereocenters. The highest BCUT2D eigenvalue weighted by molar-refractivity contribution is 6.30. The molecule has 0 aliphatic carbocycles. The second kappa shape index (κ2) is 9.12. The van der Waals surface area contributed by atoms with Gasteiger partial charge in [0.15, 0.2) is 0 Å². The molecule has 0 atom stereocenters. The van der Waals surface area contributed by atoms with E-state index < -0.39 is 5.60 Å². The number of unbranched alkanes of at least 4 members (excludes halogenated alkanes) is 1. The first-order valence-electron chi connectivity index (χ1n) is 10.3. The second-order valence-electron chi connectivity index (χ2n) is 8.33. The van der Waals surface area contributed by atoms with Gasteiger partial charge in [0.2, 0.25) is 0 Å². The van der Waals surface area contributed by atoms with Crippen molar-refractivity contribution < 1.29 is 5.11 Å². The lowest BCUT2D eigenvalue weighted by Crippen LogP contribution is -2.42. The molecule has 0 amide bonds. The van der Waals surface area contributed by atoms with Crippen molar-refractivity contribution in [3.05, 3.63) is 64.7 Å². The molecule has 1 aliphatic heterocycles. The van der Waals surface area contributed by atoms with Gasteiger partial charge in [0, 0.05) is 23.8 Å². The molecule has 0 radical (unpaired) electrons. The standard InChI is InChI=1S/C24H32ClNO/c1-19(2)5-3-4-6-20-7-13-23(14-8-20)26-17-15-24(27,16-18-26)21-9-11-22(25)12-10-21/h7-14,19,27H,3-6,15-18H2,1-2H3. The average Bonchev–Trinajstić information content (AvgIpc) is 2.67. The number of anilines is 1. The van der Waals surface area contributed by atoms with Crippen molar-refractivity contribution in [3.8, 4) is 0 Å². The van der Waals surface area contributed by atoms with Crippen molar-refractivity contribution in [3.63, 3.8) is 0 Å². The molecule has 1 fully saturated rings. The van der Waals surface area contributed by atoms with Crippen LogP contribution in [0.3, 0.4) is 0 Å². The first kappa shape index (κ1) is 20.2. The lowest BCUT2D eigenvalue weighted by Gasteiger charge is -2.39. The number of halogens is 1. The summed E-state index contributed by atoms with van der Waals surface area (Å²) in [6, 6.07) is 16.6. The SMILES string of the molecule is CC(C)CCCCc1ccc(N2CCC(O)(c3ccc(Cl)cc3)CC2)cc1. The molecule has 27 heavy (non-hydrogen) atoms. The number of nitrogens with zero attached hydrogens (tertiary/aromatic N) is 1. The Labute approximate surface area is 169 Å². The minimum absolute atomic E-state index is 0.712. The molecule has 3 heteroatoms. The lowest BCUT2D eigenvalue weighted by molar-refractivity contribution is 0.0118. The van der Waals surface area contributed by atoms with Crippen LogP contribution >= 0.6 is 11.6 Å². The highest BCUT2D eigenvalue weighted by atomic mass is 35.5. The Morgan fingerprint density at radius 2 is 1.59 bits per heavy atom. The maximum Gasteiger partial charge on any atom is 0.0930 e. The maximum atomic E-state index is 11.0. The van der Waals surface area contributed by atoms with Crippen LogP contribution in [0.5, 0.6) is 0 Å². The number of hydrogen-bond donors (Lipinski definition) is 1. The van der Waals surface area contributed by atoms with Gasteiger partial charge < -0.3 is 10.0 Å². The minimum atomic E-state index is -0.739. The van der Waals surface area contributed by atoms with Gasteiger partial charge in [0.05, 0.1) is 5.60 Å². The fraction of sp³-hybridized carbons (Fsp3) is 0.500. The van der Waals surface area contributed by atoms with Crippen LogP contribution in [-0.4, -0.2) is 18.2 Å². The van der Waals surface area contributed by atoms with E-state index in [1.54, 1.807) is 0 Å². The molecule has 1 aliphatic rings. The Morgan fingerprint density at radius 1 is 0.963 bits per heavy atom. The van der Waals surface area contributed by atoms with Gasteiger partial charge >= 0.3 is 0 Å². The fourth-order valence-corrected chi connectivity index (χ4v) is 4.06. The average molecular weight is 386 g/mol. The Hall–Kier alpha value is -1.51. The third kappa shape index (κ3) is 5.49. The summed E-state index contributed by atoms with van der Waals surface area (Å²) < 4.78 is 0. The number of benzene rings is 2. The molecule has 0 spiro atoms. The van der Waals surface area contributed by atoms with E-state index in [1.165, 1.54) is 36.9 Å². The van der Waals surface area contributed by atoms with Crippen molar-refractivity contribution in [1.29, 1.82) is 0 Å². The number of hydrogen-bond acceptors (Lipinski definition) is 2. The number of aliphatic hydroxyl groups is 1. The topological polar surface area (TPSA) is 23.5 Å². The molecule has 0 bridgehead atoms. The Balaban J connectivity index is 1.52. The van der Waals surface area contributed by atoms with Crippen LogP contribution in [0.1, 0.15) is 57.1 Å². The van der Waals surface area contributed by atoms with Crippen LogP contribution in [0.25, 0.3) is 0 Å². The molecule has 2 aromatic carbocycles. The summed E-state index contributed by atoms with van der Waals surface area (Å²) in [6.45, 7) is 6.32. The first-order chi connectivity index (χ1) is 13.0. The largest absolute Gasteiger partial charge is 0.385 e. The maximum absolute atomic E-state index is 11.0. The van der Waals surface area contributed by atoms with Gasteiger partial charge in [-0.05, 0) is 67.0 Å². The summed E-state index contributed by atoms with van der Waals surface area (Å²) in [5.41, 5.74) is 2.93. The first-order valence-corrected chi connectivity index (χ1v) is 10.7. The zero-order valence-electron chi connectivity index (χ0n) is 16.6. The van der Waals surface area contributed by atoms with E-state index in [2.05, 4.69) is 43.0 Å². The zero-order chi connectivity index (χ0) is 19.3. The highest BCUT2D eigenvalue weighted by Crippen LogP contribution is 2.35. The van der Waals surface area contributed by atoms with Gasteiger partial charge in [0.25, 0.3) is 0 Å². The molecule has 0 saturated carbocycles. The molecule has 1 saturated heterocycles. The number of aryl methyl sites for hydroxylation is 1. The summed E-state index contributed by atoms with van der Waals surface area (Å²) in [7, 11) is 0. The molecule has 2 aromatic rings. The van der Waals surface area contributed by atoms with E-state index in [0.29, 0.717) is 5.02 Å². The normalized spacial score (nSPS) is 16.7. The predicted octanol–water partition coefficient (Wildman–Crippen LogP) is 6.20. The van der Waals surface area contributed by atoms with Crippen LogP contribution in [0, 0.1) is 5.92 Å². The number of piperidine rings is 1. The van der Waals surface area contributed by atoms with Crippen LogP contribution in [0.4, 0.5) is 5.69 Å². The van der Waals surface area contributed by atoms with Crippen molar-refractivity contribution in [1.82, 2.24) is 0 Å². The summed E-state index contributed by atoms with van der Waals surface area (Å²) >= 11 is 5.98. The van der Waals surface area contributed by atoms with Crippen LogP contribution in [-0.2, 0) is 12.0 Å². The van der Waals surface area contributed by atoms with E-state index in [1.807, 2.05) is 24.3 Å². The number of rotatable bonds is 7. The molecular weight excluding hydrogens is 354 g/mol. The Bertz CT molecular complexity index is 700. The summed E-state index contributed by atoms with van der Waals surface area (Å²) in [4.78, 5) is 2.38. The van der Waals surface area contributed by atoms with Crippen molar-refractivity contribution in [2.45, 2.75) is 58.0 Å². The smallest absolute Gasteiger partial charge is 0.0930 e. The summed E-state index contributed by atoms with van der Waals surface area (Å²) in [5.74, 6) is 0.804. The van der Waals surface area contributed by atoms with Gasteiger partial charge in [-0.1, -0.05) is 62.6 Å². The van der Waals surface area contributed by atoms with Crippen molar-refractivity contribution in [2.24, 2.45) is 5.92 Å². The summed E-state index contributed by atoms with van der Waals surface area (Å²) in [6.07, 6.45) is 6.56. The van der Waals surface area contributed by atoms with Crippen LogP contribution in [0.2, 0.25) is 5.02 Å². The molecule has 2 nitrogen and oxygen atoms in total. The van der Waals surface area contributed by atoms with Crippen LogP contribution in [0.15, 0.2) is 48.5 Å². The van der Waals surface area contributed by atoms with E-state index in [0.717, 1.165) is 37.4 Å². The van der Waals surface area contributed by atoms with Gasteiger partial charge in [-0.25, -0.2) is 0 Å². The lowest BCUT2D eigenvalue weighted by atomic mass is 9.84. The van der Waals surface area contributed by atoms with Gasteiger partial charge in [-0.3, -0.25) is 0 Å². The quantitative estimate of drug-likeness (QED) is 0.574. The van der Waals surface area contributed by atoms with Crippen LogP contribution < -0.4 is 4.90 Å². The monoisotopic (exact) mass is 385 g/mol. The van der Waals surface area contributed by atoms with E-state index in [-0.39, 0.29) is 0 Å². The van der Waals surface area contributed by atoms with E-state index in [9.17, 15) is 5.11 Å². The third-order valence-electron chi connectivity index (χ3n) is 5.77. The Kier molecular flexibility index (Phi) is 6.83. The molecule has 1 heterocycles. The molecule has 1 N–H and O–H groups in total. The van der Waals surface area contributed by atoms with Gasteiger partial charge in [-0.15, -0.1) is 0 Å². The fourth-order valence-electron chi connectivity index (χ4n) is 3.94. The van der Waals surface area contributed by atoms with E-state index in [4.69, 9.17) is 11.6 Å². The highest BCUT2D eigenvalue weighted by Gasteiger charge is 2.33. The Morgan fingerprint density at radius 3 is 2.19 bits per heavy atom. The van der Waals surface area contributed by atoms with E-state index >= 15 is 0 Å². The summed E-state index contributed by atoms with van der Waals surface area (Å²) in [5, 5.41) is 11.7. The molecule has 3 rings (SSSR count). The van der Waals surface area contributed by atoms with Gasteiger partial charge in [-0.2, -0.15) is 0 Å². The third-order valence-corrected chi connectivity index (χ3v) is 6.02. The molecular formula is C24H32ClNO. The zero-order valence-corrected chi connectivity index (χ0v) is 17.4. The molecule has 0 aromatic heterocycles.